The molecule has 0 radical (unpaired) electrons. The number of pyridine rings is 1. The van der Waals surface area contributed by atoms with Gasteiger partial charge in [-0.05, 0) is 31.0 Å². The van der Waals surface area contributed by atoms with E-state index >= 15 is 0 Å². The Balaban J connectivity index is 2.55. The molecule has 0 spiro atoms. The fraction of sp³-hybridized carbons (Fsp3) is 0.455. The lowest BCUT2D eigenvalue weighted by molar-refractivity contribution is -0.150. The molecule has 1 heterocycles. The van der Waals surface area contributed by atoms with Crippen molar-refractivity contribution in [2.24, 2.45) is 5.92 Å². The number of aromatic nitrogens is 1. The van der Waals surface area contributed by atoms with Crippen LogP contribution in [-0.4, -0.2) is 42.0 Å². The van der Waals surface area contributed by atoms with Crippen LogP contribution in [0.25, 0.3) is 0 Å². The van der Waals surface area contributed by atoms with Crippen molar-refractivity contribution in [1.82, 2.24) is 4.98 Å². The van der Waals surface area contributed by atoms with Crippen molar-refractivity contribution in [1.29, 1.82) is 0 Å². The minimum Gasteiger partial charge on any atom is -0.493 e. The third-order valence-electron chi connectivity index (χ3n) is 4.99. The van der Waals surface area contributed by atoms with Gasteiger partial charge in [0.05, 0.1) is 19.4 Å². The van der Waals surface area contributed by atoms with Crippen molar-refractivity contribution in [3.8, 4) is 5.75 Å². The third kappa shape index (κ3) is 6.84. The topological polar surface area (TPSA) is 80.7 Å². The lowest BCUT2D eigenvalue weighted by atomic mass is 9.79. The highest BCUT2D eigenvalue weighted by atomic mass is 19.4. The predicted octanol–water partition coefficient (Wildman–Crippen LogP) is 4.58. The lowest BCUT2D eigenvalue weighted by Gasteiger charge is -2.32. The standard InChI is InChI=1S/C22H25F5N2O4/c1-4-33-20(21(31)29-13-7-8-28-14(9-13)11-30)17(12(2)10-22(25,26)27)15-5-6-16(23)18(24)19(15)32-3/h5-9,12,17,20,30H,4,10-11H2,1-3H3,(H,28,29,31)/t12-,17?,20?/m1/s1. The molecule has 1 aromatic carbocycles. The number of aliphatic hydroxyl groups excluding tert-OH is 1. The molecule has 182 valence electrons. The van der Waals surface area contributed by atoms with Crippen LogP contribution in [0.5, 0.6) is 5.75 Å². The fourth-order valence-corrected chi connectivity index (χ4v) is 3.65. The van der Waals surface area contributed by atoms with Crippen molar-refractivity contribution in [2.75, 3.05) is 19.0 Å². The third-order valence-corrected chi connectivity index (χ3v) is 4.99. The zero-order chi connectivity index (χ0) is 24.8. The number of nitrogens with one attached hydrogen (secondary N) is 1. The van der Waals surface area contributed by atoms with Gasteiger partial charge >= 0.3 is 6.18 Å². The predicted molar refractivity (Wildman–Crippen MR) is 110 cm³/mol. The summed E-state index contributed by atoms with van der Waals surface area (Å²) >= 11 is 0. The highest BCUT2D eigenvalue weighted by Gasteiger charge is 2.42. The zero-order valence-corrected chi connectivity index (χ0v) is 18.2. The van der Waals surface area contributed by atoms with Gasteiger partial charge in [0.25, 0.3) is 5.91 Å². The van der Waals surface area contributed by atoms with Crippen LogP contribution < -0.4 is 10.1 Å². The number of methoxy groups -OCH3 is 1. The van der Waals surface area contributed by atoms with E-state index in [1.165, 1.54) is 25.3 Å². The lowest BCUT2D eigenvalue weighted by Crippen LogP contribution is -2.40. The number of carbonyl (C=O) groups excluding carboxylic acids is 1. The first kappa shape index (κ1) is 26.5. The number of amides is 1. The van der Waals surface area contributed by atoms with E-state index in [1.807, 2.05) is 0 Å². The molecule has 0 saturated heterocycles. The van der Waals surface area contributed by atoms with Crippen molar-refractivity contribution >= 4 is 11.6 Å². The molecular formula is C22H25F5N2O4. The van der Waals surface area contributed by atoms with Gasteiger partial charge in [-0.3, -0.25) is 9.78 Å². The molecule has 0 aliphatic carbocycles. The molecule has 3 atom stereocenters. The highest BCUT2D eigenvalue weighted by molar-refractivity contribution is 5.95. The molecule has 0 saturated carbocycles. The normalized spacial score (nSPS) is 14.5. The molecule has 2 rings (SSSR count). The van der Waals surface area contributed by atoms with Crippen LogP contribution in [-0.2, 0) is 16.1 Å². The number of benzene rings is 1. The first-order valence-corrected chi connectivity index (χ1v) is 10.1. The van der Waals surface area contributed by atoms with Crippen LogP contribution in [0.2, 0.25) is 0 Å². The van der Waals surface area contributed by atoms with Crippen LogP contribution >= 0.6 is 0 Å². The zero-order valence-electron chi connectivity index (χ0n) is 18.2. The number of hydrogen-bond acceptors (Lipinski definition) is 5. The van der Waals surface area contributed by atoms with Crippen molar-refractivity contribution in [3.05, 3.63) is 53.4 Å². The Morgan fingerprint density at radius 2 is 1.94 bits per heavy atom. The van der Waals surface area contributed by atoms with Gasteiger partial charge in [0.1, 0.15) is 6.10 Å². The Morgan fingerprint density at radius 3 is 2.52 bits per heavy atom. The minimum absolute atomic E-state index is 0.0441. The summed E-state index contributed by atoms with van der Waals surface area (Å²) in [4.78, 5) is 17.0. The van der Waals surface area contributed by atoms with Gasteiger partial charge < -0.3 is 19.9 Å². The first-order valence-electron chi connectivity index (χ1n) is 10.1. The average Bonchev–Trinajstić information content (AvgIpc) is 2.74. The Hall–Kier alpha value is -2.79. The van der Waals surface area contributed by atoms with E-state index in [0.717, 1.165) is 19.2 Å². The maximum absolute atomic E-state index is 14.4. The summed E-state index contributed by atoms with van der Waals surface area (Å²) < 4.78 is 78.4. The Labute approximate surface area is 187 Å². The van der Waals surface area contributed by atoms with Gasteiger partial charge in [-0.1, -0.05) is 13.0 Å². The molecule has 0 fully saturated rings. The monoisotopic (exact) mass is 476 g/mol. The summed E-state index contributed by atoms with van der Waals surface area (Å²) in [6, 6.07) is 4.65. The fourth-order valence-electron chi connectivity index (χ4n) is 3.65. The molecule has 0 bridgehead atoms. The van der Waals surface area contributed by atoms with Crippen molar-refractivity contribution < 1.29 is 41.3 Å². The SMILES string of the molecule is CCOC(C(=O)Nc1ccnc(CO)c1)C(c1ccc(F)c(F)c1OC)[C@H](C)CC(F)(F)F. The Kier molecular flexibility index (Phi) is 9.12. The number of halogens is 5. The van der Waals surface area contributed by atoms with E-state index < -0.39 is 60.4 Å². The summed E-state index contributed by atoms with van der Waals surface area (Å²) in [7, 11) is 1.05. The van der Waals surface area contributed by atoms with Crippen molar-refractivity contribution in [2.45, 2.75) is 45.1 Å². The quantitative estimate of drug-likeness (QED) is 0.491. The van der Waals surface area contributed by atoms with E-state index in [4.69, 9.17) is 9.47 Å². The summed E-state index contributed by atoms with van der Waals surface area (Å²) in [5.41, 5.74) is 0.348. The molecule has 2 unspecified atom stereocenters. The Morgan fingerprint density at radius 1 is 1.24 bits per heavy atom. The van der Waals surface area contributed by atoms with Gasteiger partial charge in [0.2, 0.25) is 5.82 Å². The smallest absolute Gasteiger partial charge is 0.389 e. The van der Waals surface area contributed by atoms with E-state index in [2.05, 4.69) is 10.3 Å². The number of nitrogens with zero attached hydrogens (tertiary/aromatic N) is 1. The Bertz CT molecular complexity index is 955. The molecule has 0 aliphatic rings. The highest BCUT2D eigenvalue weighted by Crippen LogP contribution is 2.42. The number of anilines is 1. The number of alkyl halides is 3. The number of aliphatic hydroxyl groups is 1. The molecule has 2 aromatic rings. The van der Waals surface area contributed by atoms with Crippen LogP contribution in [0.4, 0.5) is 27.6 Å². The number of carbonyl (C=O) groups is 1. The van der Waals surface area contributed by atoms with Crippen LogP contribution in [0.1, 0.15) is 37.4 Å². The summed E-state index contributed by atoms with van der Waals surface area (Å²) in [5.74, 6) is -6.64. The second-order valence-electron chi connectivity index (χ2n) is 7.37. The van der Waals surface area contributed by atoms with E-state index in [-0.39, 0.29) is 23.6 Å². The van der Waals surface area contributed by atoms with E-state index in [0.29, 0.717) is 0 Å². The molecular weight excluding hydrogens is 451 g/mol. The maximum Gasteiger partial charge on any atom is 0.389 e. The van der Waals surface area contributed by atoms with Gasteiger partial charge in [-0.2, -0.15) is 17.6 Å². The summed E-state index contributed by atoms with van der Waals surface area (Å²) in [6.45, 7) is 2.35. The molecule has 33 heavy (non-hydrogen) atoms. The van der Waals surface area contributed by atoms with E-state index in [9.17, 15) is 31.9 Å². The second kappa shape index (κ2) is 11.4. The number of rotatable bonds is 10. The molecule has 6 nitrogen and oxygen atoms in total. The summed E-state index contributed by atoms with van der Waals surface area (Å²) in [5, 5.41) is 11.8. The summed E-state index contributed by atoms with van der Waals surface area (Å²) in [6.07, 6.45) is -6.06. The van der Waals surface area contributed by atoms with Crippen LogP contribution in [0.3, 0.4) is 0 Å². The number of ether oxygens (including phenoxy) is 2. The largest absolute Gasteiger partial charge is 0.493 e. The number of hydrogen-bond donors (Lipinski definition) is 2. The van der Waals surface area contributed by atoms with Crippen LogP contribution in [0.15, 0.2) is 30.5 Å². The molecule has 1 aromatic heterocycles. The van der Waals surface area contributed by atoms with Gasteiger partial charge in [-0.15, -0.1) is 0 Å². The molecule has 2 N–H and O–H groups in total. The van der Waals surface area contributed by atoms with E-state index in [1.54, 1.807) is 6.92 Å². The van der Waals surface area contributed by atoms with Gasteiger partial charge in [0, 0.05) is 36.4 Å². The average molecular weight is 476 g/mol. The molecule has 11 heteroatoms. The first-order chi connectivity index (χ1) is 15.5. The van der Waals surface area contributed by atoms with Crippen LogP contribution in [0, 0.1) is 17.6 Å². The molecule has 1 amide bonds. The van der Waals surface area contributed by atoms with Gasteiger partial charge in [0.15, 0.2) is 11.6 Å². The van der Waals surface area contributed by atoms with Crippen molar-refractivity contribution in [3.63, 3.8) is 0 Å². The minimum atomic E-state index is -4.59. The molecule has 0 aliphatic heterocycles. The maximum atomic E-state index is 14.4. The second-order valence-corrected chi connectivity index (χ2v) is 7.37. The van der Waals surface area contributed by atoms with Gasteiger partial charge in [-0.25, -0.2) is 4.39 Å².